The predicted octanol–water partition coefficient (Wildman–Crippen LogP) is 4.40. The lowest BCUT2D eigenvalue weighted by Crippen LogP contribution is -2.27. The molecule has 33 heavy (non-hydrogen) atoms. The van der Waals surface area contributed by atoms with E-state index in [-0.39, 0.29) is 23.6 Å². The Morgan fingerprint density at radius 3 is 2.58 bits per heavy atom. The Morgan fingerprint density at radius 1 is 1.27 bits per heavy atom. The molecule has 0 saturated heterocycles. The average Bonchev–Trinajstić information content (AvgIpc) is 2.77. The van der Waals surface area contributed by atoms with Crippen molar-refractivity contribution in [3.63, 3.8) is 0 Å². The van der Waals surface area contributed by atoms with Crippen LogP contribution in [0, 0.1) is 21.4 Å². The third-order valence-electron chi connectivity index (χ3n) is 4.81. The van der Waals surface area contributed by atoms with Gasteiger partial charge < -0.3 is 15.2 Å². The first-order chi connectivity index (χ1) is 15.6. The molecule has 1 unspecified atom stereocenters. The number of nitro benzene ring substituents is 1. The molecular weight excluding hydrogens is 443 g/mol. The first-order valence-corrected chi connectivity index (χ1v) is 9.50. The Balaban J connectivity index is 2.39. The highest BCUT2D eigenvalue weighted by molar-refractivity contribution is 6.00. The summed E-state index contributed by atoms with van der Waals surface area (Å²) in [6, 6.07) is 11.1. The van der Waals surface area contributed by atoms with Crippen LogP contribution in [0.25, 0.3) is 5.76 Å². The molecule has 0 amide bonds. The SMILES string of the molecule is CCOC(=O)C1=C(c2cccc([N+](=O)[O-])c2)OC(N)=C(C#N)C1c1ccccc1C(F)(F)F. The first kappa shape index (κ1) is 23.3. The number of carbonyl (C=O) groups is 1. The van der Waals surface area contributed by atoms with Gasteiger partial charge in [0.15, 0.2) is 0 Å². The molecular formula is C22H16F3N3O5. The van der Waals surface area contributed by atoms with Crippen LogP contribution in [0.1, 0.15) is 29.5 Å². The second-order valence-electron chi connectivity index (χ2n) is 6.78. The number of benzene rings is 2. The van der Waals surface area contributed by atoms with Crippen molar-refractivity contribution in [1.29, 1.82) is 5.26 Å². The van der Waals surface area contributed by atoms with Crippen molar-refractivity contribution < 1.29 is 32.4 Å². The fourth-order valence-electron chi connectivity index (χ4n) is 3.47. The number of halogens is 3. The van der Waals surface area contributed by atoms with Gasteiger partial charge >= 0.3 is 12.1 Å². The molecule has 0 aliphatic carbocycles. The molecule has 0 fully saturated rings. The number of nitriles is 1. The lowest BCUT2D eigenvalue weighted by atomic mass is 9.80. The van der Waals surface area contributed by atoms with Gasteiger partial charge in [-0.25, -0.2) is 4.79 Å². The van der Waals surface area contributed by atoms with Crippen LogP contribution < -0.4 is 5.73 Å². The summed E-state index contributed by atoms with van der Waals surface area (Å²) >= 11 is 0. The van der Waals surface area contributed by atoms with E-state index in [1.165, 1.54) is 37.3 Å². The van der Waals surface area contributed by atoms with E-state index in [0.29, 0.717) is 0 Å². The highest BCUT2D eigenvalue weighted by Crippen LogP contribution is 2.46. The van der Waals surface area contributed by atoms with Crippen LogP contribution in [0.5, 0.6) is 0 Å². The summed E-state index contributed by atoms with van der Waals surface area (Å²) in [7, 11) is 0. The van der Waals surface area contributed by atoms with E-state index < -0.39 is 51.1 Å². The number of ether oxygens (including phenoxy) is 2. The maximum Gasteiger partial charge on any atom is 0.416 e. The summed E-state index contributed by atoms with van der Waals surface area (Å²) in [5.74, 6) is -3.51. The van der Waals surface area contributed by atoms with Gasteiger partial charge in [0, 0.05) is 17.7 Å². The van der Waals surface area contributed by atoms with Crippen LogP contribution >= 0.6 is 0 Å². The van der Waals surface area contributed by atoms with Crippen molar-refractivity contribution in [2.24, 2.45) is 5.73 Å². The van der Waals surface area contributed by atoms with E-state index in [9.17, 15) is 33.3 Å². The van der Waals surface area contributed by atoms with Gasteiger partial charge in [0.1, 0.15) is 17.4 Å². The largest absolute Gasteiger partial charge is 0.463 e. The van der Waals surface area contributed by atoms with Crippen LogP contribution in [-0.2, 0) is 20.4 Å². The molecule has 0 aromatic heterocycles. The number of rotatable bonds is 5. The number of carbonyl (C=O) groups excluding carboxylic acids is 1. The number of hydrogen-bond donors (Lipinski definition) is 1. The highest BCUT2D eigenvalue weighted by Gasteiger charge is 2.43. The maximum atomic E-state index is 13.8. The van der Waals surface area contributed by atoms with Gasteiger partial charge in [-0.1, -0.05) is 30.3 Å². The van der Waals surface area contributed by atoms with Crippen molar-refractivity contribution in [2.75, 3.05) is 6.61 Å². The lowest BCUT2D eigenvalue weighted by Gasteiger charge is -2.29. The van der Waals surface area contributed by atoms with Gasteiger partial charge in [-0.2, -0.15) is 18.4 Å². The molecule has 170 valence electrons. The minimum Gasteiger partial charge on any atom is -0.463 e. The smallest absolute Gasteiger partial charge is 0.416 e. The number of alkyl halides is 3. The van der Waals surface area contributed by atoms with E-state index in [1.54, 1.807) is 6.07 Å². The van der Waals surface area contributed by atoms with Crippen LogP contribution in [0.15, 0.2) is 65.6 Å². The number of non-ortho nitro benzene ring substituents is 1. The molecule has 0 spiro atoms. The average molecular weight is 459 g/mol. The van der Waals surface area contributed by atoms with Gasteiger partial charge in [0.25, 0.3) is 5.69 Å². The molecule has 11 heteroatoms. The molecule has 2 N–H and O–H groups in total. The Morgan fingerprint density at radius 2 is 1.97 bits per heavy atom. The minimum atomic E-state index is -4.81. The highest BCUT2D eigenvalue weighted by atomic mass is 19.4. The zero-order valence-electron chi connectivity index (χ0n) is 17.1. The van der Waals surface area contributed by atoms with Gasteiger partial charge in [-0.15, -0.1) is 0 Å². The zero-order valence-corrected chi connectivity index (χ0v) is 17.1. The Labute approximate surface area is 185 Å². The minimum absolute atomic E-state index is 0.00156. The molecule has 8 nitrogen and oxygen atoms in total. The second kappa shape index (κ2) is 9.04. The quantitative estimate of drug-likeness (QED) is 0.399. The number of hydrogen-bond acceptors (Lipinski definition) is 7. The number of nitro groups is 1. The molecule has 1 heterocycles. The fraction of sp³-hybridized carbons (Fsp3) is 0.182. The third kappa shape index (κ3) is 4.50. The number of esters is 1. The fourth-order valence-corrected chi connectivity index (χ4v) is 3.47. The van der Waals surface area contributed by atoms with Crippen molar-refractivity contribution >= 4 is 17.4 Å². The van der Waals surface area contributed by atoms with E-state index in [2.05, 4.69) is 0 Å². The van der Waals surface area contributed by atoms with Crippen molar-refractivity contribution in [2.45, 2.75) is 19.0 Å². The second-order valence-corrected chi connectivity index (χ2v) is 6.78. The lowest BCUT2D eigenvalue weighted by molar-refractivity contribution is -0.384. The summed E-state index contributed by atoms with van der Waals surface area (Å²) in [5.41, 5.74) is 3.16. The Kier molecular flexibility index (Phi) is 6.39. The van der Waals surface area contributed by atoms with E-state index >= 15 is 0 Å². The zero-order chi connectivity index (χ0) is 24.3. The number of nitrogens with zero attached hydrogens (tertiary/aromatic N) is 2. The molecule has 2 aromatic carbocycles. The Hall–Kier alpha value is -4.33. The van der Waals surface area contributed by atoms with Gasteiger partial charge in [-0.3, -0.25) is 10.1 Å². The third-order valence-corrected chi connectivity index (χ3v) is 4.81. The van der Waals surface area contributed by atoms with Crippen LogP contribution in [0.4, 0.5) is 18.9 Å². The van der Waals surface area contributed by atoms with Crippen molar-refractivity contribution in [3.05, 3.63) is 92.4 Å². The summed E-state index contributed by atoms with van der Waals surface area (Å²) in [6.45, 7) is 1.36. The normalized spacial score (nSPS) is 16.2. The van der Waals surface area contributed by atoms with Crippen LogP contribution in [0.3, 0.4) is 0 Å². The summed E-state index contributed by atoms with van der Waals surface area (Å²) in [5, 5.41) is 20.9. The summed E-state index contributed by atoms with van der Waals surface area (Å²) in [6.07, 6.45) is -4.81. The van der Waals surface area contributed by atoms with Gasteiger partial charge in [0.05, 0.1) is 28.6 Å². The molecule has 0 saturated carbocycles. The molecule has 3 rings (SSSR count). The Bertz CT molecular complexity index is 1230. The van der Waals surface area contributed by atoms with Gasteiger partial charge in [0.2, 0.25) is 5.88 Å². The predicted molar refractivity (Wildman–Crippen MR) is 109 cm³/mol. The van der Waals surface area contributed by atoms with Gasteiger partial charge in [-0.05, 0) is 18.6 Å². The summed E-state index contributed by atoms with van der Waals surface area (Å²) < 4.78 is 51.9. The summed E-state index contributed by atoms with van der Waals surface area (Å²) in [4.78, 5) is 23.5. The van der Waals surface area contributed by atoms with E-state index in [0.717, 1.165) is 18.2 Å². The van der Waals surface area contributed by atoms with E-state index in [1.807, 2.05) is 0 Å². The molecule has 1 atom stereocenters. The topological polar surface area (TPSA) is 128 Å². The molecule has 0 radical (unpaired) electrons. The monoisotopic (exact) mass is 459 g/mol. The van der Waals surface area contributed by atoms with Crippen molar-refractivity contribution in [1.82, 2.24) is 0 Å². The molecule has 1 aliphatic rings. The molecule has 0 bridgehead atoms. The number of allylic oxidation sites excluding steroid dienone is 1. The van der Waals surface area contributed by atoms with Crippen molar-refractivity contribution in [3.8, 4) is 6.07 Å². The maximum absolute atomic E-state index is 13.8. The first-order valence-electron chi connectivity index (χ1n) is 9.50. The molecule has 1 aliphatic heterocycles. The number of nitrogens with two attached hydrogens (primary N) is 1. The van der Waals surface area contributed by atoms with E-state index in [4.69, 9.17) is 15.2 Å². The van der Waals surface area contributed by atoms with Crippen LogP contribution in [0.2, 0.25) is 0 Å². The standard InChI is InChI=1S/C22H16F3N3O5/c1-2-32-21(29)18-17(14-8-3-4-9-16(14)22(23,24)25)15(11-26)20(27)33-19(18)12-6-5-7-13(10-12)28(30)31/h3-10,17H,2,27H2,1H3. The molecule has 2 aromatic rings. The van der Waals surface area contributed by atoms with Crippen LogP contribution in [-0.4, -0.2) is 17.5 Å².